The van der Waals surface area contributed by atoms with Gasteiger partial charge in [0, 0.05) is 6.20 Å². The molecular formula is C17H17FN2O. The maximum absolute atomic E-state index is 12.9. The second-order valence-electron chi connectivity index (χ2n) is 5.90. The molecule has 0 bridgehead atoms. The number of aromatic nitrogens is 1. The van der Waals surface area contributed by atoms with Crippen LogP contribution in [0.15, 0.2) is 36.5 Å². The number of halogens is 1. The summed E-state index contributed by atoms with van der Waals surface area (Å²) >= 11 is 0. The molecule has 0 radical (unpaired) electrons. The molecule has 1 aliphatic heterocycles. The molecule has 0 spiro atoms. The molecule has 0 amide bonds. The Labute approximate surface area is 123 Å². The van der Waals surface area contributed by atoms with Crippen LogP contribution < -0.4 is 10.1 Å². The predicted molar refractivity (Wildman–Crippen MR) is 79.1 cm³/mol. The molecule has 1 unspecified atom stereocenters. The highest BCUT2D eigenvalue weighted by atomic mass is 19.1. The van der Waals surface area contributed by atoms with Gasteiger partial charge in [-0.05, 0) is 54.5 Å². The first-order chi connectivity index (χ1) is 10.3. The fraction of sp³-hybridized carbons (Fsp3) is 0.353. The summed E-state index contributed by atoms with van der Waals surface area (Å²) in [5, 5.41) is 3.55. The summed E-state index contributed by atoms with van der Waals surface area (Å²) in [6.07, 6.45) is 5.16. The normalized spacial score (nSPS) is 20.3. The average Bonchev–Trinajstić information content (AvgIpc) is 3.34. The van der Waals surface area contributed by atoms with E-state index in [1.807, 2.05) is 18.3 Å². The predicted octanol–water partition coefficient (Wildman–Crippen LogP) is 3.39. The summed E-state index contributed by atoms with van der Waals surface area (Å²) in [4.78, 5) is 4.39. The lowest BCUT2D eigenvalue weighted by molar-refractivity contribution is 0.262. The van der Waals surface area contributed by atoms with E-state index in [0.717, 1.165) is 29.2 Å². The molecule has 21 heavy (non-hydrogen) atoms. The van der Waals surface area contributed by atoms with Gasteiger partial charge in [0.2, 0.25) is 5.88 Å². The van der Waals surface area contributed by atoms with Crippen LogP contribution in [0.1, 0.15) is 24.0 Å². The molecule has 4 heteroatoms. The first-order valence-corrected chi connectivity index (χ1v) is 7.40. The zero-order chi connectivity index (χ0) is 14.2. The summed E-state index contributed by atoms with van der Waals surface area (Å²) in [5.41, 5.74) is 3.17. The molecular weight excluding hydrogens is 267 g/mol. The Morgan fingerprint density at radius 3 is 2.76 bits per heavy atom. The highest BCUT2D eigenvalue weighted by Gasteiger charge is 2.34. The molecule has 108 valence electrons. The largest absolute Gasteiger partial charge is 0.474 e. The number of benzene rings is 1. The number of ether oxygens (including phenoxy) is 1. The Bertz CT molecular complexity index is 652. The highest BCUT2D eigenvalue weighted by Crippen LogP contribution is 2.38. The van der Waals surface area contributed by atoms with Crippen LogP contribution in [0.25, 0.3) is 0 Å². The minimum Gasteiger partial charge on any atom is -0.474 e. The molecule has 1 aromatic carbocycles. The Morgan fingerprint density at radius 2 is 2.00 bits per heavy atom. The van der Waals surface area contributed by atoms with Crippen LogP contribution in [0.3, 0.4) is 0 Å². The number of nitrogens with zero attached hydrogens (tertiary/aromatic N) is 1. The molecule has 0 saturated heterocycles. The lowest BCUT2D eigenvalue weighted by atomic mass is 10.1. The second kappa shape index (κ2) is 5.02. The van der Waals surface area contributed by atoms with Gasteiger partial charge in [0.1, 0.15) is 12.4 Å². The Balaban J connectivity index is 1.54. The summed E-state index contributed by atoms with van der Waals surface area (Å²) in [6, 6.07) is 9.12. The van der Waals surface area contributed by atoms with Gasteiger partial charge in [-0.1, -0.05) is 12.1 Å². The van der Waals surface area contributed by atoms with Gasteiger partial charge in [0.15, 0.2) is 0 Å². The maximum atomic E-state index is 12.9. The number of hydrogen-bond acceptors (Lipinski definition) is 3. The van der Waals surface area contributed by atoms with E-state index in [-0.39, 0.29) is 5.82 Å². The van der Waals surface area contributed by atoms with Crippen LogP contribution in [-0.4, -0.2) is 17.6 Å². The van der Waals surface area contributed by atoms with Crippen molar-refractivity contribution in [2.24, 2.45) is 5.92 Å². The van der Waals surface area contributed by atoms with Crippen molar-refractivity contribution < 1.29 is 9.13 Å². The molecule has 2 heterocycles. The Kier molecular flexibility index (Phi) is 3.02. The van der Waals surface area contributed by atoms with Crippen molar-refractivity contribution in [1.82, 2.24) is 4.98 Å². The van der Waals surface area contributed by atoms with Crippen LogP contribution in [-0.2, 0) is 6.42 Å². The van der Waals surface area contributed by atoms with Crippen molar-refractivity contribution in [2.45, 2.75) is 25.3 Å². The maximum Gasteiger partial charge on any atom is 0.237 e. The fourth-order valence-corrected chi connectivity index (χ4v) is 2.81. The summed E-state index contributed by atoms with van der Waals surface area (Å²) in [5.74, 6) is 1.23. The van der Waals surface area contributed by atoms with Crippen molar-refractivity contribution >= 4 is 5.69 Å². The molecule has 1 saturated carbocycles. The van der Waals surface area contributed by atoms with Gasteiger partial charge < -0.3 is 10.1 Å². The molecule has 2 aromatic rings. The van der Waals surface area contributed by atoms with Crippen molar-refractivity contribution in [2.75, 3.05) is 11.9 Å². The minimum absolute atomic E-state index is 0.204. The first kappa shape index (κ1) is 12.6. The molecule has 4 rings (SSSR count). The van der Waals surface area contributed by atoms with Gasteiger partial charge in [-0.2, -0.15) is 0 Å². The van der Waals surface area contributed by atoms with E-state index in [0.29, 0.717) is 18.5 Å². The van der Waals surface area contributed by atoms with Gasteiger partial charge in [0.05, 0.1) is 11.7 Å². The van der Waals surface area contributed by atoms with Crippen molar-refractivity contribution in [3.05, 3.63) is 53.5 Å². The zero-order valence-corrected chi connectivity index (χ0v) is 11.7. The topological polar surface area (TPSA) is 34.2 Å². The number of anilines is 1. The number of nitrogens with one attached hydrogen (secondary N) is 1. The summed E-state index contributed by atoms with van der Waals surface area (Å²) < 4.78 is 18.7. The molecule has 1 atom stereocenters. The van der Waals surface area contributed by atoms with Crippen LogP contribution in [0.2, 0.25) is 0 Å². The lowest BCUT2D eigenvalue weighted by Crippen LogP contribution is -2.33. The Morgan fingerprint density at radius 1 is 1.19 bits per heavy atom. The second-order valence-corrected chi connectivity index (χ2v) is 5.90. The molecule has 1 aliphatic carbocycles. The smallest absolute Gasteiger partial charge is 0.237 e. The first-order valence-electron chi connectivity index (χ1n) is 7.40. The fourth-order valence-electron chi connectivity index (χ4n) is 2.81. The zero-order valence-electron chi connectivity index (χ0n) is 11.7. The third-order valence-electron chi connectivity index (χ3n) is 4.16. The number of rotatable bonds is 3. The average molecular weight is 284 g/mol. The summed E-state index contributed by atoms with van der Waals surface area (Å²) in [7, 11) is 0. The van der Waals surface area contributed by atoms with E-state index in [1.165, 1.54) is 25.0 Å². The van der Waals surface area contributed by atoms with E-state index in [4.69, 9.17) is 4.74 Å². The minimum atomic E-state index is -0.204. The van der Waals surface area contributed by atoms with Gasteiger partial charge in [0.25, 0.3) is 0 Å². The molecule has 3 nitrogen and oxygen atoms in total. The van der Waals surface area contributed by atoms with Crippen LogP contribution in [0.5, 0.6) is 5.88 Å². The molecule has 2 aliphatic rings. The lowest BCUT2D eigenvalue weighted by Gasteiger charge is -2.26. The van der Waals surface area contributed by atoms with Crippen LogP contribution >= 0.6 is 0 Å². The van der Waals surface area contributed by atoms with Crippen molar-refractivity contribution in [1.29, 1.82) is 0 Å². The number of fused-ring (bicyclic) bond motifs is 1. The SMILES string of the molecule is Fc1ccc(Cc2cnc3c(c2)NC(C2CC2)CO3)cc1. The summed E-state index contributed by atoms with van der Waals surface area (Å²) in [6.45, 7) is 0.710. The molecule has 1 aromatic heterocycles. The third-order valence-corrected chi connectivity index (χ3v) is 4.16. The van der Waals surface area contributed by atoms with Crippen molar-refractivity contribution in [3.8, 4) is 5.88 Å². The van der Waals surface area contributed by atoms with Gasteiger partial charge in [-0.25, -0.2) is 9.37 Å². The van der Waals surface area contributed by atoms with E-state index in [1.54, 1.807) is 0 Å². The number of hydrogen-bond donors (Lipinski definition) is 1. The Hall–Kier alpha value is -2.10. The van der Waals surface area contributed by atoms with Crippen LogP contribution in [0, 0.1) is 11.7 Å². The molecule has 1 N–H and O–H groups in total. The third kappa shape index (κ3) is 2.71. The van der Waals surface area contributed by atoms with E-state index < -0.39 is 0 Å². The van der Waals surface area contributed by atoms with Gasteiger partial charge >= 0.3 is 0 Å². The molecule has 1 fully saturated rings. The highest BCUT2D eigenvalue weighted by molar-refractivity contribution is 5.56. The van der Waals surface area contributed by atoms with E-state index >= 15 is 0 Å². The standard InChI is InChI=1S/C17H17FN2O/c18-14-5-1-11(2-6-14)7-12-8-15-17(19-9-12)21-10-16(20-15)13-3-4-13/h1-2,5-6,8-9,13,16,20H,3-4,7,10H2. The van der Waals surface area contributed by atoms with Gasteiger partial charge in [-0.15, -0.1) is 0 Å². The quantitative estimate of drug-likeness (QED) is 0.938. The van der Waals surface area contributed by atoms with Crippen LogP contribution in [0.4, 0.5) is 10.1 Å². The van der Waals surface area contributed by atoms with Gasteiger partial charge in [-0.3, -0.25) is 0 Å². The number of pyridine rings is 1. The van der Waals surface area contributed by atoms with E-state index in [2.05, 4.69) is 16.4 Å². The van der Waals surface area contributed by atoms with E-state index in [9.17, 15) is 4.39 Å². The monoisotopic (exact) mass is 284 g/mol. The van der Waals surface area contributed by atoms with Crippen molar-refractivity contribution in [3.63, 3.8) is 0 Å².